The lowest BCUT2D eigenvalue weighted by Gasteiger charge is -2.33. The number of rotatable bonds is 10. The molecule has 0 aliphatic carbocycles. The Labute approximate surface area is 152 Å². The number of urea groups is 1. The maximum absolute atomic E-state index is 12.6. The fraction of sp³-hybridized carbons (Fsp3) is 0.812. The van der Waals surface area contributed by atoms with E-state index < -0.39 is 18.1 Å². The van der Waals surface area contributed by atoms with Crippen LogP contribution in [0.2, 0.25) is 0 Å². The molecule has 25 heavy (non-hydrogen) atoms. The molecular weight excluding hydrogens is 346 g/mol. The summed E-state index contributed by atoms with van der Waals surface area (Å²) in [7, 11) is 0. The molecular formula is C16H29N3O5S. The molecule has 0 radical (unpaired) electrons. The summed E-state index contributed by atoms with van der Waals surface area (Å²) in [5, 5.41) is 11.5. The fourth-order valence-electron chi connectivity index (χ4n) is 2.76. The van der Waals surface area contributed by atoms with Gasteiger partial charge in [0.2, 0.25) is 0 Å². The highest BCUT2D eigenvalue weighted by molar-refractivity contribution is 7.99. The SMILES string of the molecule is CC(=O)O[C@@H](CSCCCNC(N)=O)C(=O)N1CCC(CCO)CC1. The minimum Gasteiger partial charge on any atom is -0.452 e. The molecule has 9 heteroatoms. The third kappa shape index (κ3) is 8.97. The number of amides is 3. The largest absolute Gasteiger partial charge is 0.452 e. The second-order valence-electron chi connectivity index (χ2n) is 6.10. The molecule has 8 nitrogen and oxygen atoms in total. The van der Waals surface area contributed by atoms with Crippen molar-refractivity contribution in [3.8, 4) is 0 Å². The van der Waals surface area contributed by atoms with Gasteiger partial charge in [-0.1, -0.05) is 0 Å². The number of aliphatic hydroxyl groups excluding tert-OH is 1. The van der Waals surface area contributed by atoms with E-state index in [1.807, 2.05) is 0 Å². The number of aliphatic hydroxyl groups is 1. The highest BCUT2D eigenvalue weighted by Crippen LogP contribution is 2.21. The van der Waals surface area contributed by atoms with Gasteiger partial charge in [0.25, 0.3) is 5.91 Å². The number of nitrogens with two attached hydrogens (primary N) is 1. The van der Waals surface area contributed by atoms with Crippen molar-refractivity contribution in [2.75, 3.05) is 37.7 Å². The third-order valence-corrected chi connectivity index (χ3v) is 5.20. The molecule has 0 aromatic heterocycles. The number of carbonyl (C=O) groups is 3. The Bertz CT molecular complexity index is 441. The van der Waals surface area contributed by atoms with Crippen molar-refractivity contribution in [2.24, 2.45) is 11.7 Å². The summed E-state index contributed by atoms with van der Waals surface area (Å²) in [4.78, 5) is 36.2. The zero-order chi connectivity index (χ0) is 18.7. The molecule has 4 N–H and O–H groups in total. The van der Waals surface area contributed by atoms with Gasteiger partial charge >= 0.3 is 12.0 Å². The Balaban J connectivity index is 2.39. The van der Waals surface area contributed by atoms with Crippen molar-refractivity contribution in [2.45, 2.75) is 38.7 Å². The van der Waals surface area contributed by atoms with Crippen molar-refractivity contribution >= 4 is 29.7 Å². The number of hydrogen-bond donors (Lipinski definition) is 3. The monoisotopic (exact) mass is 375 g/mol. The Kier molecular flexibility index (Phi) is 10.3. The van der Waals surface area contributed by atoms with Crippen molar-refractivity contribution in [3.05, 3.63) is 0 Å². The van der Waals surface area contributed by atoms with Gasteiger partial charge in [-0.2, -0.15) is 11.8 Å². The van der Waals surface area contributed by atoms with Crippen LogP contribution in [0, 0.1) is 5.92 Å². The summed E-state index contributed by atoms with van der Waals surface area (Å²) in [6, 6.07) is -0.553. The first-order chi connectivity index (χ1) is 11.9. The van der Waals surface area contributed by atoms with Crippen molar-refractivity contribution in [3.63, 3.8) is 0 Å². The number of ether oxygens (including phenoxy) is 1. The first-order valence-corrected chi connectivity index (χ1v) is 9.77. The molecule has 0 aromatic rings. The van der Waals surface area contributed by atoms with E-state index in [0.717, 1.165) is 31.4 Å². The summed E-state index contributed by atoms with van der Waals surface area (Å²) in [6.07, 6.45) is 2.45. The molecule has 1 heterocycles. The average molecular weight is 375 g/mol. The molecule has 3 amide bonds. The average Bonchev–Trinajstić information content (AvgIpc) is 2.56. The molecule has 0 aromatic carbocycles. The predicted molar refractivity (Wildman–Crippen MR) is 96.1 cm³/mol. The first-order valence-electron chi connectivity index (χ1n) is 8.62. The van der Waals surface area contributed by atoms with Crippen molar-refractivity contribution in [1.82, 2.24) is 10.2 Å². The van der Waals surface area contributed by atoms with Crippen LogP contribution in [-0.4, -0.2) is 71.8 Å². The van der Waals surface area contributed by atoms with Crippen LogP contribution < -0.4 is 11.1 Å². The highest BCUT2D eigenvalue weighted by atomic mass is 32.2. The van der Waals surface area contributed by atoms with Crippen LogP contribution in [-0.2, 0) is 14.3 Å². The number of piperidine rings is 1. The molecule has 1 aliphatic heterocycles. The second-order valence-corrected chi connectivity index (χ2v) is 7.25. The minimum atomic E-state index is -0.777. The van der Waals surface area contributed by atoms with Crippen molar-refractivity contribution in [1.29, 1.82) is 0 Å². The van der Waals surface area contributed by atoms with E-state index in [1.165, 1.54) is 18.7 Å². The lowest BCUT2D eigenvalue weighted by atomic mass is 9.94. The van der Waals surface area contributed by atoms with Crippen molar-refractivity contribution < 1.29 is 24.2 Å². The van der Waals surface area contributed by atoms with E-state index in [2.05, 4.69) is 5.32 Å². The topological polar surface area (TPSA) is 122 Å². The maximum atomic E-state index is 12.6. The van der Waals surface area contributed by atoms with Gasteiger partial charge < -0.3 is 25.8 Å². The number of nitrogens with one attached hydrogen (secondary N) is 1. The van der Waals surface area contributed by atoms with Gasteiger partial charge in [-0.15, -0.1) is 0 Å². The van der Waals surface area contributed by atoms with Gasteiger partial charge in [-0.3, -0.25) is 9.59 Å². The van der Waals surface area contributed by atoms with Crippen LogP contribution in [0.1, 0.15) is 32.6 Å². The summed E-state index contributed by atoms with van der Waals surface area (Å²) in [5.74, 6) is 0.952. The zero-order valence-corrected chi connectivity index (χ0v) is 15.6. The van der Waals surface area contributed by atoms with E-state index in [-0.39, 0.29) is 12.5 Å². The number of nitrogens with zero attached hydrogens (tertiary/aromatic N) is 1. The van der Waals surface area contributed by atoms with Gasteiger partial charge in [0.1, 0.15) is 0 Å². The molecule has 0 unspecified atom stereocenters. The van der Waals surface area contributed by atoms with Gasteiger partial charge in [0.05, 0.1) is 0 Å². The lowest BCUT2D eigenvalue weighted by molar-refractivity contribution is -0.157. The Morgan fingerprint density at radius 3 is 2.60 bits per heavy atom. The molecule has 0 bridgehead atoms. The number of carbonyl (C=O) groups excluding carboxylic acids is 3. The summed E-state index contributed by atoms with van der Waals surface area (Å²) < 4.78 is 5.20. The van der Waals surface area contributed by atoms with Crippen LogP contribution in [0.5, 0.6) is 0 Å². The van der Waals surface area contributed by atoms with E-state index >= 15 is 0 Å². The molecule has 1 fully saturated rings. The molecule has 1 rings (SSSR count). The van der Waals surface area contributed by atoms with E-state index in [1.54, 1.807) is 4.90 Å². The summed E-state index contributed by atoms with van der Waals surface area (Å²) in [5.41, 5.74) is 4.98. The van der Waals surface area contributed by atoms with E-state index in [4.69, 9.17) is 15.6 Å². The van der Waals surface area contributed by atoms with Crippen LogP contribution in [0.3, 0.4) is 0 Å². The molecule has 0 saturated carbocycles. The first kappa shape index (κ1) is 21.6. The van der Waals surface area contributed by atoms with Gasteiger partial charge in [-0.05, 0) is 37.4 Å². The summed E-state index contributed by atoms with van der Waals surface area (Å²) >= 11 is 1.51. The zero-order valence-electron chi connectivity index (χ0n) is 14.7. The van der Waals surface area contributed by atoms with Crippen LogP contribution >= 0.6 is 11.8 Å². The normalized spacial score (nSPS) is 16.3. The molecule has 1 atom stereocenters. The third-order valence-electron chi connectivity index (χ3n) is 4.08. The second kappa shape index (κ2) is 12.0. The number of hydrogen-bond acceptors (Lipinski definition) is 6. The van der Waals surface area contributed by atoms with E-state index in [0.29, 0.717) is 31.3 Å². The molecule has 1 aliphatic rings. The number of primary amides is 1. The number of esters is 1. The van der Waals surface area contributed by atoms with Gasteiger partial charge in [0, 0.05) is 38.9 Å². The fourth-order valence-corrected chi connectivity index (χ4v) is 3.70. The van der Waals surface area contributed by atoms with Crippen LogP contribution in [0.4, 0.5) is 4.79 Å². The van der Waals surface area contributed by atoms with Gasteiger partial charge in [-0.25, -0.2) is 4.79 Å². The minimum absolute atomic E-state index is 0.152. The quantitative estimate of drug-likeness (QED) is 0.374. The molecule has 1 saturated heterocycles. The Morgan fingerprint density at radius 1 is 1.36 bits per heavy atom. The Hall–Kier alpha value is -1.48. The number of likely N-dealkylation sites (tertiary alicyclic amines) is 1. The van der Waals surface area contributed by atoms with Crippen LogP contribution in [0.25, 0.3) is 0 Å². The number of thioether (sulfide) groups is 1. The Morgan fingerprint density at radius 2 is 2.04 bits per heavy atom. The lowest BCUT2D eigenvalue weighted by Crippen LogP contribution is -2.46. The standard InChI is InChI=1S/C16H29N3O5S/c1-12(21)24-14(11-25-10-2-6-18-16(17)23)15(22)19-7-3-13(4-8-19)5-9-20/h13-14,20H,2-11H2,1H3,(H3,17,18,23)/t14-/m0/s1. The molecule has 144 valence electrons. The molecule has 0 spiro atoms. The van der Waals surface area contributed by atoms with Gasteiger partial charge in [0.15, 0.2) is 6.10 Å². The van der Waals surface area contributed by atoms with Crippen LogP contribution in [0.15, 0.2) is 0 Å². The summed E-state index contributed by atoms with van der Waals surface area (Å²) in [6.45, 7) is 3.22. The smallest absolute Gasteiger partial charge is 0.312 e. The van der Waals surface area contributed by atoms with E-state index in [9.17, 15) is 14.4 Å². The maximum Gasteiger partial charge on any atom is 0.312 e. The highest BCUT2D eigenvalue weighted by Gasteiger charge is 2.30. The predicted octanol–water partition coefficient (Wildman–Crippen LogP) is 0.331.